The Hall–Kier alpha value is -2.29. The molecule has 0 bridgehead atoms. The predicted molar refractivity (Wildman–Crippen MR) is 122 cm³/mol. The van der Waals surface area contributed by atoms with Crippen molar-refractivity contribution in [2.24, 2.45) is 0 Å². The van der Waals surface area contributed by atoms with Crippen LogP contribution in [0.15, 0.2) is 78.9 Å². The minimum atomic E-state index is -0.141. The second-order valence-corrected chi connectivity index (χ2v) is 8.07. The minimum absolute atomic E-state index is 0.0637. The van der Waals surface area contributed by atoms with Crippen LogP contribution in [0.25, 0.3) is 0 Å². The molecule has 0 aliphatic rings. The number of halogens is 2. The van der Waals surface area contributed by atoms with E-state index >= 15 is 0 Å². The number of hydrogen-bond acceptors (Lipinski definition) is 1. The van der Waals surface area contributed by atoms with Gasteiger partial charge in [-0.05, 0) is 53.8 Å². The normalized spacial score (nSPS) is 12.9. The van der Waals surface area contributed by atoms with E-state index in [1.54, 1.807) is 0 Å². The Morgan fingerprint density at radius 1 is 0.828 bits per heavy atom. The highest BCUT2D eigenvalue weighted by Crippen LogP contribution is 2.24. The summed E-state index contributed by atoms with van der Waals surface area (Å²) in [4.78, 5) is 12.9. The van der Waals surface area contributed by atoms with Gasteiger partial charge in [0.05, 0.1) is 5.92 Å². The van der Waals surface area contributed by atoms with E-state index in [1.807, 2.05) is 85.8 Å². The van der Waals surface area contributed by atoms with Crippen molar-refractivity contribution in [2.75, 3.05) is 6.54 Å². The minimum Gasteiger partial charge on any atom is -0.355 e. The summed E-state index contributed by atoms with van der Waals surface area (Å²) in [6, 6.07) is 25.7. The molecule has 2 atom stereocenters. The van der Waals surface area contributed by atoms with Gasteiger partial charge in [0, 0.05) is 22.5 Å². The quantitative estimate of drug-likeness (QED) is 0.430. The maximum Gasteiger partial charge on any atom is 0.227 e. The molecule has 3 rings (SSSR count). The monoisotopic (exact) mass is 425 g/mol. The zero-order chi connectivity index (χ0) is 20.6. The maximum absolute atomic E-state index is 12.9. The van der Waals surface area contributed by atoms with Gasteiger partial charge in [0.25, 0.3) is 0 Å². The van der Waals surface area contributed by atoms with Crippen molar-refractivity contribution in [1.29, 1.82) is 0 Å². The lowest BCUT2D eigenvalue weighted by molar-refractivity contribution is -0.122. The Balaban J connectivity index is 1.74. The van der Waals surface area contributed by atoms with E-state index in [2.05, 4.69) is 5.32 Å². The van der Waals surface area contributed by atoms with Crippen molar-refractivity contribution in [1.82, 2.24) is 5.32 Å². The summed E-state index contributed by atoms with van der Waals surface area (Å²) in [5.41, 5.74) is 3.38. The Morgan fingerprint density at radius 3 is 2.00 bits per heavy atom. The molecule has 0 fully saturated rings. The van der Waals surface area contributed by atoms with Crippen molar-refractivity contribution >= 4 is 29.1 Å². The second-order valence-electron chi connectivity index (χ2n) is 7.20. The van der Waals surface area contributed by atoms with E-state index in [9.17, 15) is 4.79 Å². The number of rotatable bonds is 8. The lowest BCUT2D eigenvalue weighted by atomic mass is 9.91. The highest BCUT2D eigenvalue weighted by atomic mass is 35.5. The van der Waals surface area contributed by atoms with Crippen LogP contribution in [0.5, 0.6) is 0 Å². The van der Waals surface area contributed by atoms with Crippen molar-refractivity contribution in [3.05, 3.63) is 106 Å². The molecule has 3 aromatic carbocycles. The Morgan fingerprint density at radius 2 is 1.41 bits per heavy atom. The third-order valence-electron chi connectivity index (χ3n) is 5.19. The molecule has 1 amide bonds. The van der Waals surface area contributed by atoms with Gasteiger partial charge >= 0.3 is 0 Å². The Labute approximate surface area is 182 Å². The molecule has 0 radical (unpaired) electrons. The van der Waals surface area contributed by atoms with Crippen molar-refractivity contribution in [3.63, 3.8) is 0 Å². The zero-order valence-corrected chi connectivity index (χ0v) is 18.0. The fraction of sp³-hybridized carbons (Fsp3) is 0.240. The molecule has 4 heteroatoms. The molecule has 0 saturated heterocycles. The summed E-state index contributed by atoms with van der Waals surface area (Å²) in [5.74, 6) is 0.0667. The number of amides is 1. The van der Waals surface area contributed by atoms with Crippen molar-refractivity contribution in [2.45, 2.75) is 31.6 Å². The van der Waals surface area contributed by atoms with E-state index in [0.29, 0.717) is 11.6 Å². The summed E-state index contributed by atoms with van der Waals surface area (Å²) in [7, 11) is 0. The van der Waals surface area contributed by atoms with E-state index in [1.165, 1.54) is 5.56 Å². The highest BCUT2D eigenvalue weighted by Gasteiger charge is 2.20. The van der Waals surface area contributed by atoms with E-state index in [0.717, 1.165) is 29.0 Å². The lowest BCUT2D eigenvalue weighted by Gasteiger charge is -2.21. The average molecular weight is 426 g/mol. The first-order valence-electron chi connectivity index (χ1n) is 9.89. The number of carbonyl (C=O) groups excluding carboxylic acids is 1. The molecule has 2 nitrogen and oxygen atoms in total. The van der Waals surface area contributed by atoms with Gasteiger partial charge < -0.3 is 5.32 Å². The third-order valence-corrected chi connectivity index (χ3v) is 5.69. The van der Waals surface area contributed by atoms with E-state index in [-0.39, 0.29) is 17.7 Å². The SMILES string of the molecule is CCC(C(=O)NC[C@H](Cc1ccc(Cl)cc1)c1ccc(Cl)cc1)c1ccccc1. The molecule has 29 heavy (non-hydrogen) atoms. The Bertz CT molecular complexity index is 908. The molecule has 0 heterocycles. The van der Waals surface area contributed by atoms with Crippen LogP contribution in [0.2, 0.25) is 10.0 Å². The van der Waals surface area contributed by atoms with Crippen LogP contribution in [0, 0.1) is 0 Å². The smallest absolute Gasteiger partial charge is 0.227 e. The summed E-state index contributed by atoms with van der Waals surface area (Å²) < 4.78 is 0. The van der Waals surface area contributed by atoms with Crippen LogP contribution in [-0.2, 0) is 11.2 Å². The molecule has 1 N–H and O–H groups in total. The Kier molecular flexibility index (Phi) is 7.74. The summed E-state index contributed by atoms with van der Waals surface area (Å²) >= 11 is 12.1. The van der Waals surface area contributed by atoms with Gasteiger partial charge in [-0.2, -0.15) is 0 Å². The summed E-state index contributed by atoms with van der Waals surface area (Å²) in [5, 5.41) is 4.61. The summed E-state index contributed by atoms with van der Waals surface area (Å²) in [6.45, 7) is 2.61. The number of hydrogen-bond donors (Lipinski definition) is 1. The van der Waals surface area contributed by atoms with Crippen LogP contribution >= 0.6 is 23.2 Å². The fourth-order valence-electron chi connectivity index (χ4n) is 3.55. The molecule has 0 spiro atoms. The van der Waals surface area contributed by atoms with E-state index < -0.39 is 0 Å². The standard InChI is InChI=1S/C25H25Cl2NO/c1-2-24(20-6-4-3-5-7-20)25(29)28-17-21(19-10-14-23(27)15-11-19)16-18-8-12-22(26)13-9-18/h3-15,21,24H,2,16-17H2,1H3,(H,28,29)/t21-,24?/m0/s1. The van der Waals surface area contributed by atoms with E-state index in [4.69, 9.17) is 23.2 Å². The summed E-state index contributed by atoms with van der Waals surface area (Å²) in [6.07, 6.45) is 1.57. The average Bonchev–Trinajstić information content (AvgIpc) is 2.74. The molecule has 150 valence electrons. The highest BCUT2D eigenvalue weighted by molar-refractivity contribution is 6.30. The van der Waals surface area contributed by atoms with Crippen LogP contribution in [0.1, 0.15) is 41.9 Å². The first-order chi connectivity index (χ1) is 14.1. The largest absolute Gasteiger partial charge is 0.355 e. The molecule has 3 aromatic rings. The zero-order valence-electron chi connectivity index (χ0n) is 16.4. The molecule has 1 unspecified atom stereocenters. The van der Waals surface area contributed by atoms with Gasteiger partial charge in [0.1, 0.15) is 0 Å². The van der Waals surface area contributed by atoms with Gasteiger partial charge in [-0.15, -0.1) is 0 Å². The first-order valence-corrected chi connectivity index (χ1v) is 10.6. The number of nitrogens with one attached hydrogen (secondary N) is 1. The number of benzene rings is 3. The van der Waals surface area contributed by atoms with Crippen molar-refractivity contribution in [3.8, 4) is 0 Å². The molecular weight excluding hydrogens is 401 g/mol. The first kappa shape index (κ1) is 21.4. The fourth-order valence-corrected chi connectivity index (χ4v) is 3.80. The number of carbonyl (C=O) groups is 1. The third kappa shape index (κ3) is 6.09. The van der Waals surface area contributed by atoms with Gasteiger partial charge in [0.15, 0.2) is 0 Å². The van der Waals surface area contributed by atoms with Gasteiger partial charge in [0.2, 0.25) is 5.91 Å². The lowest BCUT2D eigenvalue weighted by Crippen LogP contribution is -2.33. The molecular formula is C25H25Cl2NO. The van der Waals surface area contributed by atoms with Crippen molar-refractivity contribution < 1.29 is 4.79 Å². The van der Waals surface area contributed by atoms with Gasteiger partial charge in [-0.25, -0.2) is 0 Å². The van der Waals surface area contributed by atoms with Crippen LogP contribution < -0.4 is 5.32 Å². The predicted octanol–water partition coefficient (Wildman–Crippen LogP) is 6.63. The molecule has 0 aliphatic carbocycles. The topological polar surface area (TPSA) is 29.1 Å². The van der Waals surface area contributed by atoms with Crippen LogP contribution in [0.3, 0.4) is 0 Å². The molecule has 0 saturated carbocycles. The van der Waals surface area contributed by atoms with Gasteiger partial charge in [-0.1, -0.05) is 84.7 Å². The maximum atomic E-state index is 12.9. The van der Waals surface area contributed by atoms with Gasteiger partial charge in [-0.3, -0.25) is 4.79 Å². The van der Waals surface area contributed by atoms with Crippen LogP contribution in [-0.4, -0.2) is 12.5 Å². The second kappa shape index (κ2) is 10.5. The van der Waals surface area contributed by atoms with Crippen LogP contribution in [0.4, 0.5) is 0 Å². The molecule has 0 aliphatic heterocycles. The molecule has 0 aromatic heterocycles.